The van der Waals surface area contributed by atoms with Gasteiger partial charge in [-0.1, -0.05) is 11.6 Å². The van der Waals surface area contributed by atoms with Crippen molar-refractivity contribution < 1.29 is 0 Å². The maximum atomic E-state index is 5.80. The minimum atomic E-state index is 0.224. The molecule has 0 aliphatic rings. The van der Waals surface area contributed by atoms with Crippen LogP contribution in [0.1, 0.15) is 5.56 Å². The van der Waals surface area contributed by atoms with Crippen LogP contribution in [0.2, 0.25) is 10.3 Å². The zero-order valence-corrected chi connectivity index (χ0v) is 10.0. The second-order valence-electron chi connectivity index (χ2n) is 3.30. The van der Waals surface area contributed by atoms with Crippen LogP contribution in [0.25, 0.3) is 0 Å². The summed E-state index contributed by atoms with van der Waals surface area (Å²) in [5.41, 5.74) is 1.83. The average Bonchev–Trinajstić information content (AvgIpc) is 2.27. The molecular formula is C11H9Cl2N3. The summed E-state index contributed by atoms with van der Waals surface area (Å²) < 4.78 is 0. The van der Waals surface area contributed by atoms with Crippen LogP contribution >= 0.6 is 23.2 Å². The van der Waals surface area contributed by atoms with Crippen LogP contribution in [0.5, 0.6) is 0 Å². The lowest BCUT2D eigenvalue weighted by atomic mass is 10.3. The molecule has 16 heavy (non-hydrogen) atoms. The molecule has 1 aromatic carbocycles. The molecule has 1 aromatic heterocycles. The number of hydrogen-bond donors (Lipinski definition) is 1. The molecule has 5 heteroatoms. The highest BCUT2D eigenvalue weighted by Crippen LogP contribution is 2.20. The number of nitrogens with one attached hydrogen (secondary N) is 1. The van der Waals surface area contributed by atoms with Crippen molar-refractivity contribution >= 4 is 34.7 Å². The normalized spacial score (nSPS) is 10.2. The van der Waals surface area contributed by atoms with Gasteiger partial charge in [-0.2, -0.15) is 0 Å². The summed E-state index contributed by atoms with van der Waals surface area (Å²) in [7, 11) is 0. The zero-order chi connectivity index (χ0) is 11.5. The molecule has 2 aromatic rings. The van der Waals surface area contributed by atoms with E-state index in [2.05, 4.69) is 15.3 Å². The highest BCUT2D eigenvalue weighted by atomic mass is 35.5. The smallest absolute Gasteiger partial charge is 0.224 e. The van der Waals surface area contributed by atoms with Gasteiger partial charge in [0.1, 0.15) is 5.82 Å². The van der Waals surface area contributed by atoms with Gasteiger partial charge in [0.15, 0.2) is 0 Å². The molecule has 0 unspecified atom stereocenters. The van der Waals surface area contributed by atoms with E-state index in [1.165, 1.54) is 0 Å². The molecule has 82 valence electrons. The molecule has 0 bridgehead atoms. The SMILES string of the molecule is Cc1cnc(Cl)nc1Nc1ccc(Cl)cc1. The van der Waals surface area contributed by atoms with Gasteiger partial charge < -0.3 is 5.32 Å². The molecule has 0 aliphatic carbocycles. The van der Waals surface area contributed by atoms with E-state index in [1.54, 1.807) is 6.20 Å². The van der Waals surface area contributed by atoms with Gasteiger partial charge in [0, 0.05) is 22.5 Å². The van der Waals surface area contributed by atoms with Crippen molar-refractivity contribution in [2.75, 3.05) is 5.32 Å². The summed E-state index contributed by atoms with van der Waals surface area (Å²) in [5.74, 6) is 0.697. The predicted octanol–water partition coefficient (Wildman–Crippen LogP) is 3.84. The fraction of sp³-hybridized carbons (Fsp3) is 0.0909. The van der Waals surface area contributed by atoms with Crippen LogP contribution < -0.4 is 5.32 Å². The van der Waals surface area contributed by atoms with Crippen LogP contribution in [0, 0.1) is 6.92 Å². The Labute approximate surface area is 103 Å². The lowest BCUT2D eigenvalue weighted by molar-refractivity contribution is 1.13. The number of rotatable bonds is 2. The van der Waals surface area contributed by atoms with E-state index in [-0.39, 0.29) is 5.28 Å². The topological polar surface area (TPSA) is 37.8 Å². The van der Waals surface area contributed by atoms with E-state index in [0.29, 0.717) is 10.8 Å². The molecule has 0 spiro atoms. The first-order valence-electron chi connectivity index (χ1n) is 4.67. The molecule has 0 fully saturated rings. The van der Waals surface area contributed by atoms with E-state index in [4.69, 9.17) is 23.2 Å². The summed E-state index contributed by atoms with van der Waals surface area (Å²) in [6.07, 6.45) is 1.67. The summed E-state index contributed by atoms with van der Waals surface area (Å²) in [5, 5.41) is 4.07. The number of anilines is 2. The van der Waals surface area contributed by atoms with Crippen molar-refractivity contribution in [3.05, 3.63) is 46.3 Å². The fourth-order valence-electron chi connectivity index (χ4n) is 1.22. The van der Waals surface area contributed by atoms with Gasteiger partial charge in [-0.15, -0.1) is 0 Å². The maximum absolute atomic E-state index is 5.80. The average molecular weight is 254 g/mol. The lowest BCUT2D eigenvalue weighted by Gasteiger charge is -2.08. The van der Waals surface area contributed by atoms with E-state index >= 15 is 0 Å². The molecule has 0 saturated carbocycles. The highest BCUT2D eigenvalue weighted by Gasteiger charge is 2.02. The first kappa shape index (κ1) is 11.2. The highest BCUT2D eigenvalue weighted by molar-refractivity contribution is 6.30. The van der Waals surface area contributed by atoms with Crippen molar-refractivity contribution in [1.29, 1.82) is 0 Å². The molecule has 0 radical (unpaired) electrons. The summed E-state index contributed by atoms with van der Waals surface area (Å²) in [4.78, 5) is 7.99. The van der Waals surface area contributed by atoms with Gasteiger partial charge in [-0.25, -0.2) is 9.97 Å². The Morgan fingerprint density at radius 2 is 1.81 bits per heavy atom. The van der Waals surface area contributed by atoms with E-state index in [1.807, 2.05) is 31.2 Å². The summed E-state index contributed by atoms with van der Waals surface area (Å²) >= 11 is 11.5. The Balaban J connectivity index is 2.26. The second kappa shape index (κ2) is 4.68. The van der Waals surface area contributed by atoms with Crippen LogP contribution in [0.15, 0.2) is 30.5 Å². The quantitative estimate of drug-likeness (QED) is 0.827. The first-order chi connectivity index (χ1) is 7.65. The maximum Gasteiger partial charge on any atom is 0.224 e. The number of benzene rings is 1. The van der Waals surface area contributed by atoms with Crippen LogP contribution in [0.4, 0.5) is 11.5 Å². The third-order valence-electron chi connectivity index (χ3n) is 2.05. The van der Waals surface area contributed by atoms with Gasteiger partial charge in [-0.3, -0.25) is 0 Å². The largest absolute Gasteiger partial charge is 0.340 e. The Kier molecular flexibility index (Phi) is 3.27. The van der Waals surface area contributed by atoms with E-state index in [0.717, 1.165) is 11.3 Å². The third kappa shape index (κ3) is 2.62. The molecule has 0 saturated heterocycles. The van der Waals surface area contributed by atoms with Crippen molar-refractivity contribution in [1.82, 2.24) is 9.97 Å². The van der Waals surface area contributed by atoms with Crippen LogP contribution in [-0.4, -0.2) is 9.97 Å². The van der Waals surface area contributed by atoms with Crippen molar-refractivity contribution in [2.24, 2.45) is 0 Å². The molecule has 3 nitrogen and oxygen atoms in total. The lowest BCUT2D eigenvalue weighted by Crippen LogP contribution is -1.97. The molecule has 1 heterocycles. The van der Waals surface area contributed by atoms with E-state index in [9.17, 15) is 0 Å². The number of hydrogen-bond acceptors (Lipinski definition) is 3. The first-order valence-corrected chi connectivity index (χ1v) is 5.42. The Bertz CT molecular complexity index is 497. The molecule has 1 N–H and O–H groups in total. The number of aromatic nitrogens is 2. The standard InChI is InChI=1S/C11H9Cl2N3/c1-7-6-14-11(13)16-10(7)15-9-4-2-8(12)3-5-9/h2-6H,1H3,(H,14,15,16). The van der Waals surface area contributed by atoms with Crippen molar-refractivity contribution in [3.8, 4) is 0 Å². The van der Waals surface area contributed by atoms with Crippen molar-refractivity contribution in [3.63, 3.8) is 0 Å². The summed E-state index contributed by atoms with van der Waals surface area (Å²) in [6, 6.07) is 7.36. The van der Waals surface area contributed by atoms with E-state index < -0.39 is 0 Å². The Morgan fingerprint density at radius 1 is 1.12 bits per heavy atom. The van der Waals surface area contributed by atoms with Gasteiger partial charge in [0.25, 0.3) is 0 Å². The molecular weight excluding hydrogens is 245 g/mol. The van der Waals surface area contributed by atoms with Gasteiger partial charge >= 0.3 is 0 Å². The van der Waals surface area contributed by atoms with Crippen LogP contribution in [0.3, 0.4) is 0 Å². The van der Waals surface area contributed by atoms with Gasteiger partial charge in [-0.05, 0) is 42.8 Å². The number of aryl methyl sites for hydroxylation is 1. The molecule has 2 rings (SSSR count). The molecule has 0 atom stereocenters. The minimum absolute atomic E-state index is 0.224. The predicted molar refractivity (Wildman–Crippen MR) is 66.5 cm³/mol. The minimum Gasteiger partial charge on any atom is -0.340 e. The second-order valence-corrected chi connectivity index (χ2v) is 4.08. The Morgan fingerprint density at radius 3 is 2.50 bits per heavy atom. The third-order valence-corrected chi connectivity index (χ3v) is 2.48. The molecule has 0 aliphatic heterocycles. The fourth-order valence-corrected chi connectivity index (χ4v) is 1.48. The zero-order valence-electron chi connectivity index (χ0n) is 8.54. The molecule has 0 amide bonds. The monoisotopic (exact) mass is 253 g/mol. The van der Waals surface area contributed by atoms with Gasteiger partial charge in [0.2, 0.25) is 5.28 Å². The van der Waals surface area contributed by atoms with Gasteiger partial charge in [0.05, 0.1) is 0 Å². The van der Waals surface area contributed by atoms with Crippen LogP contribution in [-0.2, 0) is 0 Å². The van der Waals surface area contributed by atoms with Crippen molar-refractivity contribution in [2.45, 2.75) is 6.92 Å². The summed E-state index contributed by atoms with van der Waals surface area (Å²) in [6.45, 7) is 1.91. The number of halogens is 2. The number of nitrogens with zero attached hydrogens (tertiary/aromatic N) is 2. The Hall–Kier alpha value is -1.32.